The van der Waals surface area contributed by atoms with Gasteiger partial charge in [-0.2, -0.15) is 0 Å². The molecule has 4 rings (SSSR count). The van der Waals surface area contributed by atoms with Gasteiger partial charge in [-0.25, -0.2) is 4.39 Å². The summed E-state index contributed by atoms with van der Waals surface area (Å²) < 4.78 is 16.1. The van der Waals surface area contributed by atoms with Crippen LogP contribution in [0.3, 0.4) is 0 Å². The first-order chi connectivity index (χ1) is 18.4. The second-order valence-electron chi connectivity index (χ2n) is 9.94. The van der Waals surface area contributed by atoms with Crippen molar-refractivity contribution < 1.29 is 14.3 Å². The number of para-hydroxylation sites is 1. The minimum Gasteiger partial charge on any atom is -0.393 e. The summed E-state index contributed by atoms with van der Waals surface area (Å²) in [5.74, 6) is -0.0620. The third kappa shape index (κ3) is 6.22. The van der Waals surface area contributed by atoms with E-state index < -0.39 is 6.10 Å². The van der Waals surface area contributed by atoms with Crippen molar-refractivity contribution in [3.63, 3.8) is 0 Å². The van der Waals surface area contributed by atoms with E-state index in [0.717, 1.165) is 46.6 Å². The van der Waals surface area contributed by atoms with Crippen LogP contribution in [0.25, 0.3) is 22.4 Å². The van der Waals surface area contributed by atoms with Gasteiger partial charge in [-0.1, -0.05) is 75.7 Å². The molecule has 5 heteroatoms. The van der Waals surface area contributed by atoms with Crippen molar-refractivity contribution in [2.45, 2.75) is 59.1 Å². The summed E-state index contributed by atoms with van der Waals surface area (Å²) in [4.78, 5) is 13.9. The summed E-state index contributed by atoms with van der Waals surface area (Å²) in [6.07, 6.45) is 2.50. The van der Waals surface area contributed by atoms with Crippen molar-refractivity contribution in [2.75, 3.05) is 5.32 Å². The van der Waals surface area contributed by atoms with E-state index in [9.17, 15) is 14.3 Å². The zero-order chi connectivity index (χ0) is 27.1. The van der Waals surface area contributed by atoms with Gasteiger partial charge in [0.2, 0.25) is 0 Å². The molecule has 0 aliphatic rings. The van der Waals surface area contributed by atoms with Crippen LogP contribution in [0.2, 0.25) is 0 Å². The molecule has 0 spiro atoms. The topological polar surface area (TPSA) is 54.3 Å². The first-order valence-corrected chi connectivity index (χ1v) is 13.5. The van der Waals surface area contributed by atoms with Gasteiger partial charge in [0.25, 0.3) is 5.91 Å². The van der Waals surface area contributed by atoms with Gasteiger partial charge in [0, 0.05) is 23.5 Å². The fraction of sp³-hybridized carbons (Fsp3) is 0.303. The summed E-state index contributed by atoms with van der Waals surface area (Å²) in [5, 5.41) is 13.9. The minimum atomic E-state index is -0.445. The van der Waals surface area contributed by atoms with E-state index in [4.69, 9.17) is 0 Å². The normalized spacial score (nSPS) is 12.8. The molecule has 0 fully saturated rings. The zero-order valence-corrected chi connectivity index (χ0v) is 22.5. The first kappa shape index (κ1) is 27.3. The van der Waals surface area contributed by atoms with Crippen LogP contribution in [0.4, 0.5) is 10.1 Å². The highest BCUT2D eigenvalue weighted by Gasteiger charge is 2.28. The van der Waals surface area contributed by atoms with Crippen LogP contribution in [0.15, 0.2) is 84.9 Å². The van der Waals surface area contributed by atoms with E-state index in [1.54, 1.807) is 12.1 Å². The molecule has 3 aromatic carbocycles. The van der Waals surface area contributed by atoms with Crippen LogP contribution in [-0.2, 0) is 13.0 Å². The van der Waals surface area contributed by atoms with E-state index in [0.29, 0.717) is 30.9 Å². The monoisotopic (exact) mass is 512 g/mol. The van der Waals surface area contributed by atoms with Crippen LogP contribution in [0.5, 0.6) is 0 Å². The van der Waals surface area contributed by atoms with Gasteiger partial charge in [0.15, 0.2) is 0 Å². The summed E-state index contributed by atoms with van der Waals surface area (Å²) >= 11 is 0. The molecule has 4 nitrogen and oxygen atoms in total. The van der Waals surface area contributed by atoms with Crippen molar-refractivity contribution in [1.82, 2.24) is 4.57 Å². The minimum absolute atomic E-state index is 0.186. The lowest BCUT2D eigenvalue weighted by molar-refractivity contribution is 0.102. The Hall–Kier alpha value is -3.70. The highest BCUT2D eigenvalue weighted by atomic mass is 19.1. The molecular weight excluding hydrogens is 475 g/mol. The number of carbonyl (C=O) groups excluding carboxylic acids is 1. The van der Waals surface area contributed by atoms with E-state index in [-0.39, 0.29) is 11.7 Å². The maximum Gasteiger partial charge on any atom is 0.258 e. The summed E-state index contributed by atoms with van der Waals surface area (Å²) in [6, 6.07) is 25.7. The number of anilines is 1. The van der Waals surface area contributed by atoms with Crippen molar-refractivity contribution in [3.8, 4) is 22.4 Å². The largest absolute Gasteiger partial charge is 0.393 e. The maximum atomic E-state index is 14.0. The number of nitrogens with zero attached hydrogens (tertiary/aromatic N) is 1. The SMILES string of the molecule is CCc1c(C(=O)Nc2ccccc2)c(-c2ccccc2)c(-c2ccc(F)cc2)n1CCC(O)CC(C)CC. The molecule has 0 bridgehead atoms. The van der Waals surface area contributed by atoms with E-state index in [2.05, 4.69) is 23.7 Å². The Morgan fingerprint density at radius 1 is 0.921 bits per heavy atom. The van der Waals surface area contributed by atoms with Crippen LogP contribution in [-0.4, -0.2) is 21.7 Å². The lowest BCUT2D eigenvalue weighted by Gasteiger charge is -2.19. The number of hydrogen-bond acceptors (Lipinski definition) is 2. The molecule has 4 aromatic rings. The Labute approximate surface area is 225 Å². The number of rotatable bonds is 11. The average Bonchev–Trinajstić information content (AvgIpc) is 3.27. The fourth-order valence-corrected chi connectivity index (χ4v) is 5.06. The Balaban J connectivity index is 1.90. The zero-order valence-electron chi connectivity index (χ0n) is 22.5. The lowest BCUT2D eigenvalue weighted by Crippen LogP contribution is -2.17. The second-order valence-corrected chi connectivity index (χ2v) is 9.94. The molecule has 0 radical (unpaired) electrons. The van der Waals surface area contributed by atoms with Crippen LogP contribution < -0.4 is 5.32 Å². The number of amides is 1. The Morgan fingerprint density at radius 3 is 2.16 bits per heavy atom. The van der Waals surface area contributed by atoms with Gasteiger partial charge >= 0.3 is 0 Å². The number of aromatic nitrogens is 1. The van der Waals surface area contributed by atoms with Gasteiger partial charge in [0.1, 0.15) is 5.82 Å². The predicted octanol–water partition coefficient (Wildman–Crippen LogP) is 7.96. The third-order valence-electron chi connectivity index (χ3n) is 7.20. The fourth-order valence-electron chi connectivity index (χ4n) is 5.06. The Bertz CT molecular complexity index is 1330. The molecule has 1 aromatic heterocycles. The highest BCUT2D eigenvalue weighted by molar-refractivity contribution is 6.12. The number of aliphatic hydroxyl groups excluding tert-OH is 1. The van der Waals surface area contributed by atoms with Crippen molar-refractivity contribution >= 4 is 11.6 Å². The molecule has 0 saturated carbocycles. The predicted molar refractivity (Wildman–Crippen MR) is 154 cm³/mol. The van der Waals surface area contributed by atoms with Gasteiger partial charge < -0.3 is 15.0 Å². The van der Waals surface area contributed by atoms with Crippen LogP contribution >= 0.6 is 0 Å². The quantitative estimate of drug-likeness (QED) is 0.214. The molecule has 0 aliphatic carbocycles. The van der Waals surface area contributed by atoms with Crippen molar-refractivity contribution in [1.29, 1.82) is 0 Å². The Kier molecular flexibility index (Phi) is 9.14. The van der Waals surface area contributed by atoms with E-state index in [1.165, 1.54) is 12.1 Å². The molecule has 2 atom stereocenters. The molecule has 2 unspecified atom stereocenters. The van der Waals surface area contributed by atoms with E-state index >= 15 is 0 Å². The van der Waals surface area contributed by atoms with Gasteiger partial charge in [-0.05, 0) is 72.7 Å². The molecule has 38 heavy (non-hydrogen) atoms. The van der Waals surface area contributed by atoms with Gasteiger partial charge in [-0.3, -0.25) is 4.79 Å². The molecule has 198 valence electrons. The van der Waals surface area contributed by atoms with E-state index in [1.807, 2.05) is 67.6 Å². The number of halogens is 1. The Morgan fingerprint density at radius 2 is 1.55 bits per heavy atom. The molecule has 1 amide bonds. The maximum absolute atomic E-state index is 14.0. The summed E-state index contributed by atoms with van der Waals surface area (Å²) in [5.41, 5.74) is 5.65. The number of benzene rings is 3. The van der Waals surface area contributed by atoms with Crippen molar-refractivity contribution in [2.24, 2.45) is 5.92 Å². The molecular formula is C33H37FN2O2. The highest BCUT2D eigenvalue weighted by Crippen LogP contribution is 2.40. The number of carbonyl (C=O) groups is 1. The van der Waals surface area contributed by atoms with Gasteiger partial charge in [0.05, 0.1) is 17.4 Å². The number of nitrogens with one attached hydrogen (secondary N) is 1. The first-order valence-electron chi connectivity index (χ1n) is 13.5. The standard InChI is InChI=1S/C33H37FN2O2/c1-4-23(3)22-28(37)20-21-36-29(5-2)31(33(38)35-27-14-10-7-11-15-27)30(24-12-8-6-9-13-24)32(36)25-16-18-26(34)19-17-25/h6-19,23,28,37H,4-5,20-22H2,1-3H3,(H,35,38). The average molecular weight is 513 g/mol. The van der Waals surface area contributed by atoms with Crippen LogP contribution in [0.1, 0.15) is 56.1 Å². The summed E-state index contributed by atoms with van der Waals surface area (Å²) in [6.45, 7) is 6.88. The smallest absolute Gasteiger partial charge is 0.258 e. The number of hydrogen-bond donors (Lipinski definition) is 2. The third-order valence-corrected chi connectivity index (χ3v) is 7.20. The molecule has 0 saturated heterocycles. The number of aliphatic hydroxyl groups is 1. The van der Waals surface area contributed by atoms with Gasteiger partial charge in [-0.15, -0.1) is 0 Å². The molecule has 1 heterocycles. The lowest BCUT2D eigenvalue weighted by atomic mass is 9.96. The molecule has 0 aliphatic heterocycles. The summed E-state index contributed by atoms with van der Waals surface area (Å²) in [7, 11) is 0. The second kappa shape index (κ2) is 12.7. The van der Waals surface area contributed by atoms with Crippen molar-refractivity contribution in [3.05, 3.63) is 102 Å². The van der Waals surface area contributed by atoms with Crippen LogP contribution in [0, 0.1) is 11.7 Å². The molecule has 2 N–H and O–H groups in total.